The van der Waals surface area contributed by atoms with Gasteiger partial charge in [0.05, 0.1) is 13.1 Å². The molecule has 0 saturated carbocycles. The molecule has 1 aromatic carbocycles. The summed E-state index contributed by atoms with van der Waals surface area (Å²) in [5.41, 5.74) is 3.26. The lowest BCUT2D eigenvalue weighted by Gasteiger charge is -2.17. The number of quaternary nitrogens is 1. The molecule has 112 valence electrons. The monoisotopic (exact) mass is 296 g/mol. The number of hydrogen-bond acceptors (Lipinski definition) is 1. The van der Waals surface area contributed by atoms with Gasteiger partial charge in [-0.2, -0.15) is 0 Å². The number of rotatable bonds is 3. The van der Waals surface area contributed by atoms with E-state index in [9.17, 15) is 4.79 Å². The molecule has 1 aliphatic rings. The summed E-state index contributed by atoms with van der Waals surface area (Å²) < 4.78 is 0. The van der Waals surface area contributed by atoms with Crippen LogP contribution in [-0.2, 0) is 4.79 Å². The van der Waals surface area contributed by atoms with E-state index in [-0.39, 0.29) is 18.3 Å². The number of carbonyl (C=O) groups is 1. The van der Waals surface area contributed by atoms with E-state index in [4.69, 9.17) is 0 Å². The van der Waals surface area contributed by atoms with Gasteiger partial charge in [0.15, 0.2) is 6.54 Å². The molecule has 20 heavy (non-hydrogen) atoms. The SMILES string of the molecule is Cc1cccc(C)c1NC(=O)C[NH+]1CCCCCC1.[Cl-]. The zero-order valence-corrected chi connectivity index (χ0v) is 13.2. The Kier molecular flexibility index (Phi) is 7.03. The molecule has 2 N–H and O–H groups in total. The average Bonchev–Trinajstić information content (AvgIpc) is 2.63. The smallest absolute Gasteiger partial charge is 0.279 e. The Morgan fingerprint density at radius 1 is 1.10 bits per heavy atom. The summed E-state index contributed by atoms with van der Waals surface area (Å²) in [4.78, 5) is 13.6. The molecule has 2 rings (SSSR count). The number of halogens is 1. The first kappa shape index (κ1) is 17.0. The summed E-state index contributed by atoms with van der Waals surface area (Å²) >= 11 is 0. The van der Waals surface area contributed by atoms with Crippen molar-refractivity contribution in [2.75, 3.05) is 25.0 Å². The van der Waals surface area contributed by atoms with E-state index in [0.29, 0.717) is 6.54 Å². The van der Waals surface area contributed by atoms with E-state index in [1.54, 1.807) is 0 Å². The second-order valence-electron chi connectivity index (χ2n) is 5.66. The van der Waals surface area contributed by atoms with Crippen molar-refractivity contribution in [3.8, 4) is 0 Å². The van der Waals surface area contributed by atoms with Gasteiger partial charge in [-0.1, -0.05) is 18.2 Å². The molecule has 0 spiro atoms. The molecule has 0 aromatic heterocycles. The Labute approximate surface area is 128 Å². The molecule has 0 bridgehead atoms. The van der Waals surface area contributed by atoms with E-state index in [2.05, 4.69) is 5.32 Å². The van der Waals surface area contributed by atoms with Crippen LogP contribution in [0.3, 0.4) is 0 Å². The average molecular weight is 297 g/mol. The second-order valence-corrected chi connectivity index (χ2v) is 5.66. The maximum Gasteiger partial charge on any atom is 0.279 e. The van der Waals surface area contributed by atoms with Crippen LogP contribution in [0.25, 0.3) is 0 Å². The van der Waals surface area contributed by atoms with Gasteiger partial charge in [0.1, 0.15) is 0 Å². The molecule has 1 saturated heterocycles. The lowest BCUT2D eigenvalue weighted by Crippen LogP contribution is -3.12. The summed E-state index contributed by atoms with van der Waals surface area (Å²) in [6.45, 7) is 6.97. The Morgan fingerprint density at radius 2 is 1.65 bits per heavy atom. The zero-order chi connectivity index (χ0) is 13.7. The summed E-state index contributed by atoms with van der Waals surface area (Å²) in [7, 11) is 0. The summed E-state index contributed by atoms with van der Waals surface area (Å²) in [5.74, 6) is 0.147. The van der Waals surface area contributed by atoms with Gasteiger partial charge in [0.2, 0.25) is 0 Å². The second kappa shape index (κ2) is 8.28. The minimum atomic E-state index is 0. The van der Waals surface area contributed by atoms with E-state index < -0.39 is 0 Å². The van der Waals surface area contributed by atoms with Crippen molar-refractivity contribution in [1.29, 1.82) is 0 Å². The number of anilines is 1. The molecule has 1 heterocycles. The standard InChI is InChI=1S/C16H24N2O.ClH/c1-13-8-7-9-14(2)16(13)17-15(19)12-18-10-5-3-4-6-11-18;/h7-9H,3-6,10-12H2,1-2H3,(H,17,19);1H. The first-order valence-corrected chi connectivity index (χ1v) is 7.36. The number of carbonyl (C=O) groups excluding carboxylic acids is 1. The van der Waals surface area contributed by atoms with Crippen LogP contribution in [0.1, 0.15) is 36.8 Å². The van der Waals surface area contributed by atoms with Crippen molar-refractivity contribution in [3.63, 3.8) is 0 Å². The fourth-order valence-corrected chi connectivity index (χ4v) is 2.83. The molecule has 1 fully saturated rings. The van der Waals surface area contributed by atoms with Crippen LogP contribution in [0.5, 0.6) is 0 Å². The van der Waals surface area contributed by atoms with Crippen LogP contribution < -0.4 is 22.6 Å². The number of para-hydroxylation sites is 1. The molecule has 4 heteroatoms. The molecule has 0 aliphatic carbocycles. The molecule has 0 radical (unpaired) electrons. The Balaban J connectivity index is 0.00000200. The fraction of sp³-hybridized carbons (Fsp3) is 0.562. The van der Waals surface area contributed by atoms with Gasteiger partial charge in [0, 0.05) is 5.69 Å². The van der Waals surface area contributed by atoms with E-state index >= 15 is 0 Å². The van der Waals surface area contributed by atoms with Crippen LogP contribution in [0.4, 0.5) is 5.69 Å². The number of nitrogens with one attached hydrogen (secondary N) is 2. The quantitative estimate of drug-likeness (QED) is 0.715. The van der Waals surface area contributed by atoms with Crippen LogP contribution in [-0.4, -0.2) is 25.5 Å². The van der Waals surface area contributed by atoms with Gasteiger partial charge < -0.3 is 22.6 Å². The largest absolute Gasteiger partial charge is 1.00 e. The van der Waals surface area contributed by atoms with Crippen molar-refractivity contribution in [2.45, 2.75) is 39.5 Å². The van der Waals surface area contributed by atoms with E-state index in [1.165, 1.54) is 30.6 Å². The molecular formula is C16H25ClN2O. The van der Waals surface area contributed by atoms with Crippen LogP contribution in [0.2, 0.25) is 0 Å². The van der Waals surface area contributed by atoms with Crippen molar-refractivity contribution in [2.24, 2.45) is 0 Å². The van der Waals surface area contributed by atoms with E-state index in [1.807, 2.05) is 32.0 Å². The first-order valence-electron chi connectivity index (χ1n) is 7.36. The third-order valence-corrected chi connectivity index (χ3v) is 3.97. The highest BCUT2D eigenvalue weighted by molar-refractivity contribution is 5.93. The molecule has 3 nitrogen and oxygen atoms in total. The van der Waals surface area contributed by atoms with Gasteiger partial charge in [0.25, 0.3) is 5.91 Å². The number of benzene rings is 1. The highest BCUT2D eigenvalue weighted by Gasteiger charge is 2.17. The lowest BCUT2D eigenvalue weighted by molar-refractivity contribution is -0.890. The van der Waals surface area contributed by atoms with E-state index in [0.717, 1.165) is 29.9 Å². The fourth-order valence-electron chi connectivity index (χ4n) is 2.83. The van der Waals surface area contributed by atoms with Crippen molar-refractivity contribution < 1.29 is 22.1 Å². The normalized spacial score (nSPS) is 16.1. The van der Waals surface area contributed by atoms with Crippen molar-refractivity contribution in [3.05, 3.63) is 29.3 Å². The van der Waals surface area contributed by atoms with Crippen LogP contribution in [0, 0.1) is 13.8 Å². The molecule has 1 amide bonds. The number of amides is 1. The highest BCUT2D eigenvalue weighted by Crippen LogP contribution is 2.18. The highest BCUT2D eigenvalue weighted by atomic mass is 35.5. The molecule has 0 atom stereocenters. The van der Waals surface area contributed by atoms with Crippen molar-refractivity contribution >= 4 is 11.6 Å². The van der Waals surface area contributed by atoms with Gasteiger partial charge in [-0.3, -0.25) is 4.79 Å². The summed E-state index contributed by atoms with van der Waals surface area (Å²) in [5, 5.41) is 3.09. The third kappa shape index (κ3) is 4.80. The lowest BCUT2D eigenvalue weighted by atomic mass is 10.1. The Morgan fingerprint density at radius 3 is 2.20 bits per heavy atom. The Bertz CT molecular complexity index is 420. The summed E-state index contributed by atoms with van der Waals surface area (Å²) in [6.07, 6.45) is 5.15. The molecule has 1 aliphatic heterocycles. The number of hydrogen-bond donors (Lipinski definition) is 2. The van der Waals surface area contributed by atoms with Crippen molar-refractivity contribution in [1.82, 2.24) is 0 Å². The maximum atomic E-state index is 12.2. The predicted molar refractivity (Wildman–Crippen MR) is 78.6 cm³/mol. The number of aryl methyl sites for hydroxylation is 2. The van der Waals surface area contributed by atoms with Gasteiger partial charge >= 0.3 is 0 Å². The van der Waals surface area contributed by atoms with Crippen LogP contribution in [0.15, 0.2) is 18.2 Å². The predicted octanol–water partition coefficient (Wildman–Crippen LogP) is -1.30. The number of likely N-dealkylation sites (tertiary alicyclic amines) is 1. The molecule has 1 aromatic rings. The van der Waals surface area contributed by atoms with Gasteiger partial charge in [-0.25, -0.2) is 0 Å². The Hall–Kier alpha value is -1.06. The van der Waals surface area contributed by atoms with Crippen LogP contribution >= 0.6 is 0 Å². The van der Waals surface area contributed by atoms with Gasteiger partial charge in [-0.05, 0) is 50.7 Å². The summed E-state index contributed by atoms with van der Waals surface area (Å²) in [6, 6.07) is 6.11. The minimum Gasteiger partial charge on any atom is -1.00 e. The molecule has 0 unspecified atom stereocenters. The van der Waals surface area contributed by atoms with Gasteiger partial charge in [-0.15, -0.1) is 0 Å². The first-order chi connectivity index (χ1) is 9.16. The topological polar surface area (TPSA) is 33.5 Å². The molecular weight excluding hydrogens is 272 g/mol. The minimum absolute atomic E-state index is 0. The zero-order valence-electron chi connectivity index (χ0n) is 12.5. The maximum absolute atomic E-state index is 12.2. The third-order valence-electron chi connectivity index (χ3n) is 3.97.